The molecule has 0 amide bonds. The van der Waals surface area contributed by atoms with E-state index >= 15 is 0 Å². The van der Waals surface area contributed by atoms with E-state index in [0.717, 1.165) is 18.8 Å². The van der Waals surface area contributed by atoms with Gasteiger partial charge < -0.3 is 5.32 Å². The van der Waals surface area contributed by atoms with Crippen LogP contribution in [0, 0.1) is 6.92 Å². The summed E-state index contributed by atoms with van der Waals surface area (Å²) in [6.45, 7) is 3.89. The summed E-state index contributed by atoms with van der Waals surface area (Å²) in [5.41, 5.74) is 5.09. The highest BCUT2D eigenvalue weighted by atomic mass is 32.1. The van der Waals surface area contributed by atoms with Gasteiger partial charge in [0, 0.05) is 18.7 Å². The van der Waals surface area contributed by atoms with Gasteiger partial charge in [-0.05, 0) is 40.3 Å². The molecule has 3 heterocycles. The lowest BCUT2D eigenvalue weighted by atomic mass is 10.2. The van der Waals surface area contributed by atoms with Crippen LogP contribution in [0.2, 0.25) is 0 Å². The zero-order valence-corrected chi connectivity index (χ0v) is 12.3. The molecular weight excluding hydrogens is 274 g/mol. The molecule has 3 nitrogen and oxygen atoms in total. The second-order valence-electron chi connectivity index (χ2n) is 4.43. The minimum absolute atomic E-state index is 0.832. The fraction of sp³-hybridized carbons (Fsp3) is 0.214. The molecule has 0 saturated carbocycles. The van der Waals surface area contributed by atoms with Gasteiger partial charge in [0.05, 0.1) is 16.8 Å². The van der Waals surface area contributed by atoms with Crippen LogP contribution in [0.5, 0.6) is 0 Å². The first-order valence-electron chi connectivity index (χ1n) is 6.13. The van der Waals surface area contributed by atoms with Crippen LogP contribution < -0.4 is 5.32 Å². The Balaban J connectivity index is 1.65. The fourth-order valence-corrected chi connectivity index (χ4v) is 3.59. The molecule has 0 atom stereocenters. The summed E-state index contributed by atoms with van der Waals surface area (Å²) in [7, 11) is 0. The van der Waals surface area contributed by atoms with E-state index in [1.165, 1.54) is 21.6 Å². The minimum atomic E-state index is 0.832. The minimum Gasteiger partial charge on any atom is -0.308 e. The second-order valence-corrected chi connectivity index (χ2v) is 6.12. The van der Waals surface area contributed by atoms with Crippen molar-refractivity contribution in [3.63, 3.8) is 0 Å². The molecule has 0 aliphatic rings. The lowest BCUT2D eigenvalue weighted by Crippen LogP contribution is -2.12. The lowest BCUT2D eigenvalue weighted by Gasteiger charge is -2.04. The third kappa shape index (κ3) is 2.78. The summed E-state index contributed by atoms with van der Waals surface area (Å²) in [5, 5.41) is 17.2. The van der Waals surface area contributed by atoms with Gasteiger partial charge in [0.1, 0.15) is 0 Å². The normalized spacial score (nSPS) is 11.0. The Kier molecular flexibility index (Phi) is 3.77. The standard InChI is InChI=1S/C14H15N3S2/c1-10-8-18-9-12(10)6-15-5-11-7-16-17-14(11)13-3-2-4-19-13/h2-4,7-9,15H,5-6H2,1H3,(H,16,17). The smallest absolute Gasteiger partial charge is 0.0794 e. The Labute approximate surface area is 120 Å². The Hall–Kier alpha value is -1.43. The molecule has 3 rings (SSSR count). The Bertz CT molecular complexity index is 637. The second kappa shape index (κ2) is 5.69. The first-order valence-corrected chi connectivity index (χ1v) is 7.95. The maximum Gasteiger partial charge on any atom is 0.0794 e. The predicted molar refractivity (Wildman–Crippen MR) is 81.5 cm³/mol. The van der Waals surface area contributed by atoms with Crippen molar-refractivity contribution in [3.8, 4) is 10.6 Å². The first kappa shape index (κ1) is 12.6. The Morgan fingerprint density at radius 2 is 2.16 bits per heavy atom. The lowest BCUT2D eigenvalue weighted by molar-refractivity contribution is 0.694. The van der Waals surface area contributed by atoms with Crippen molar-refractivity contribution in [1.82, 2.24) is 15.5 Å². The molecule has 0 fully saturated rings. The number of nitrogens with one attached hydrogen (secondary N) is 2. The topological polar surface area (TPSA) is 40.7 Å². The number of nitrogens with zero attached hydrogens (tertiary/aromatic N) is 1. The van der Waals surface area contributed by atoms with Gasteiger partial charge in [-0.15, -0.1) is 11.3 Å². The SMILES string of the molecule is Cc1cscc1CNCc1cn[nH]c1-c1cccs1. The largest absolute Gasteiger partial charge is 0.308 e. The van der Waals surface area contributed by atoms with Gasteiger partial charge in [-0.25, -0.2) is 0 Å². The van der Waals surface area contributed by atoms with E-state index in [1.807, 2.05) is 6.20 Å². The van der Waals surface area contributed by atoms with Crippen LogP contribution in [0.4, 0.5) is 0 Å². The van der Waals surface area contributed by atoms with Gasteiger partial charge >= 0.3 is 0 Å². The third-order valence-corrected chi connectivity index (χ3v) is 4.88. The maximum atomic E-state index is 4.16. The monoisotopic (exact) mass is 289 g/mol. The quantitative estimate of drug-likeness (QED) is 0.750. The Morgan fingerprint density at radius 1 is 1.26 bits per heavy atom. The van der Waals surface area contributed by atoms with Crippen LogP contribution in [-0.2, 0) is 13.1 Å². The highest BCUT2D eigenvalue weighted by molar-refractivity contribution is 7.13. The number of hydrogen-bond donors (Lipinski definition) is 2. The zero-order chi connectivity index (χ0) is 13.1. The van der Waals surface area contributed by atoms with Crippen molar-refractivity contribution in [3.05, 3.63) is 51.2 Å². The van der Waals surface area contributed by atoms with E-state index < -0.39 is 0 Å². The number of rotatable bonds is 5. The van der Waals surface area contributed by atoms with E-state index in [4.69, 9.17) is 0 Å². The molecule has 2 N–H and O–H groups in total. The fourth-order valence-electron chi connectivity index (χ4n) is 1.98. The van der Waals surface area contributed by atoms with E-state index in [2.05, 4.69) is 50.7 Å². The van der Waals surface area contributed by atoms with Crippen molar-refractivity contribution in [2.75, 3.05) is 0 Å². The summed E-state index contributed by atoms with van der Waals surface area (Å²) < 4.78 is 0. The number of hydrogen-bond acceptors (Lipinski definition) is 4. The first-order chi connectivity index (χ1) is 9.34. The molecule has 19 heavy (non-hydrogen) atoms. The molecule has 0 unspecified atom stereocenters. The van der Waals surface area contributed by atoms with Crippen LogP contribution >= 0.6 is 22.7 Å². The van der Waals surface area contributed by atoms with Gasteiger partial charge in [0.2, 0.25) is 0 Å². The van der Waals surface area contributed by atoms with Crippen molar-refractivity contribution < 1.29 is 0 Å². The summed E-state index contributed by atoms with van der Waals surface area (Å²) in [5.74, 6) is 0. The molecular formula is C14H15N3S2. The van der Waals surface area contributed by atoms with Gasteiger partial charge in [0.25, 0.3) is 0 Å². The molecule has 3 aromatic heterocycles. The maximum absolute atomic E-state index is 4.16. The number of thiophene rings is 2. The zero-order valence-electron chi connectivity index (χ0n) is 10.6. The van der Waals surface area contributed by atoms with E-state index in [9.17, 15) is 0 Å². The van der Waals surface area contributed by atoms with Crippen LogP contribution in [0.25, 0.3) is 10.6 Å². The number of H-pyrrole nitrogens is 1. The molecule has 0 saturated heterocycles. The molecule has 0 spiro atoms. The molecule has 0 aromatic carbocycles. The third-order valence-electron chi connectivity index (χ3n) is 3.08. The highest BCUT2D eigenvalue weighted by Gasteiger charge is 2.08. The number of aromatic amines is 1. The average Bonchev–Trinajstić information content (AvgIpc) is 3.11. The molecule has 0 aliphatic carbocycles. The average molecular weight is 289 g/mol. The van der Waals surface area contributed by atoms with Gasteiger partial charge in [-0.3, -0.25) is 5.10 Å². The van der Waals surface area contributed by atoms with Crippen molar-refractivity contribution in [1.29, 1.82) is 0 Å². The summed E-state index contributed by atoms with van der Waals surface area (Å²) in [6, 6.07) is 4.18. The van der Waals surface area contributed by atoms with Crippen molar-refractivity contribution in [2.24, 2.45) is 0 Å². The van der Waals surface area contributed by atoms with E-state index in [1.54, 1.807) is 22.7 Å². The van der Waals surface area contributed by atoms with Gasteiger partial charge in [0.15, 0.2) is 0 Å². The van der Waals surface area contributed by atoms with Crippen molar-refractivity contribution in [2.45, 2.75) is 20.0 Å². The van der Waals surface area contributed by atoms with E-state index in [0.29, 0.717) is 0 Å². The van der Waals surface area contributed by atoms with Crippen LogP contribution in [-0.4, -0.2) is 10.2 Å². The summed E-state index contributed by atoms with van der Waals surface area (Å²) in [4.78, 5) is 1.24. The molecule has 5 heteroatoms. The molecule has 3 aromatic rings. The molecule has 0 radical (unpaired) electrons. The summed E-state index contributed by atoms with van der Waals surface area (Å²) in [6.07, 6.45) is 1.91. The van der Waals surface area contributed by atoms with Crippen LogP contribution in [0.3, 0.4) is 0 Å². The number of aryl methyl sites for hydroxylation is 1. The van der Waals surface area contributed by atoms with Gasteiger partial charge in [-0.1, -0.05) is 6.07 Å². The van der Waals surface area contributed by atoms with Crippen molar-refractivity contribution >= 4 is 22.7 Å². The van der Waals surface area contributed by atoms with Crippen LogP contribution in [0.15, 0.2) is 34.5 Å². The molecule has 0 aliphatic heterocycles. The highest BCUT2D eigenvalue weighted by Crippen LogP contribution is 2.25. The Morgan fingerprint density at radius 3 is 2.89 bits per heavy atom. The predicted octanol–water partition coefficient (Wildman–Crippen LogP) is 3.80. The van der Waals surface area contributed by atoms with Gasteiger partial charge in [-0.2, -0.15) is 16.4 Å². The van der Waals surface area contributed by atoms with Crippen LogP contribution in [0.1, 0.15) is 16.7 Å². The molecule has 0 bridgehead atoms. The van der Waals surface area contributed by atoms with E-state index in [-0.39, 0.29) is 0 Å². The molecule has 98 valence electrons. The summed E-state index contributed by atoms with van der Waals surface area (Å²) >= 11 is 3.49. The number of aromatic nitrogens is 2.